The Morgan fingerprint density at radius 2 is 1.97 bits per heavy atom. The van der Waals surface area contributed by atoms with Crippen molar-refractivity contribution < 1.29 is 33.6 Å². The summed E-state index contributed by atoms with van der Waals surface area (Å²) in [5, 5.41) is 23.9. The lowest BCUT2D eigenvalue weighted by molar-refractivity contribution is -0.306. The Balaban J connectivity index is 1.92. The number of aliphatic hydroxyl groups is 2. The van der Waals surface area contributed by atoms with E-state index in [0.29, 0.717) is 16.7 Å². The van der Waals surface area contributed by atoms with Crippen LogP contribution in [0.1, 0.15) is 32.8 Å². The lowest BCUT2D eigenvalue weighted by Crippen LogP contribution is -2.63. The van der Waals surface area contributed by atoms with E-state index >= 15 is 0 Å². The first kappa shape index (κ1) is 22.2. The molecule has 1 saturated heterocycles. The zero-order valence-electron chi connectivity index (χ0n) is 17.6. The van der Waals surface area contributed by atoms with Gasteiger partial charge in [0, 0.05) is 24.5 Å². The van der Waals surface area contributed by atoms with Gasteiger partial charge in [-0.05, 0) is 39.0 Å². The van der Waals surface area contributed by atoms with E-state index in [1.807, 2.05) is 0 Å². The van der Waals surface area contributed by atoms with Crippen molar-refractivity contribution in [1.29, 1.82) is 0 Å². The second kappa shape index (κ2) is 8.35. The standard InChI is InChI=1S/C21H27NO8/c1-6-14(23)22-12-9-11-7-8-13(10(2)17(11)29-19(12)26)28-20-16(25)15(24)18(27-5)21(3,4)30-20/h7-9,15-16,18,20,24-25H,6H2,1-5H3,(H,22,23)/t15-,16+,18+,20+/m0/s1. The number of ether oxygens (including phenoxy) is 3. The number of benzene rings is 1. The van der Waals surface area contributed by atoms with E-state index in [-0.39, 0.29) is 23.6 Å². The monoisotopic (exact) mass is 421 g/mol. The molecular weight excluding hydrogens is 394 g/mol. The van der Waals surface area contributed by atoms with Crippen LogP contribution < -0.4 is 15.7 Å². The number of hydrogen-bond acceptors (Lipinski definition) is 8. The number of aliphatic hydroxyl groups excluding tert-OH is 2. The summed E-state index contributed by atoms with van der Waals surface area (Å²) in [4.78, 5) is 23.8. The molecule has 0 spiro atoms. The van der Waals surface area contributed by atoms with E-state index in [4.69, 9.17) is 18.6 Å². The zero-order chi connectivity index (χ0) is 22.2. The summed E-state index contributed by atoms with van der Waals surface area (Å²) in [5.41, 5.74) is -0.745. The smallest absolute Gasteiger partial charge is 0.360 e. The fraction of sp³-hybridized carbons (Fsp3) is 0.524. The Morgan fingerprint density at radius 1 is 1.27 bits per heavy atom. The Morgan fingerprint density at radius 3 is 2.60 bits per heavy atom. The lowest BCUT2D eigenvalue weighted by atomic mass is 9.89. The van der Waals surface area contributed by atoms with Gasteiger partial charge >= 0.3 is 5.63 Å². The molecule has 30 heavy (non-hydrogen) atoms. The van der Waals surface area contributed by atoms with Gasteiger partial charge in [-0.3, -0.25) is 4.79 Å². The maximum Gasteiger partial charge on any atom is 0.360 e. The maximum atomic E-state index is 12.3. The van der Waals surface area contributed by atoms with Crippen LogP contribution in [0.5, 0.6) is 5.75 Å². The van der Waals surface area contributed by atoms with Crippen LogP contribution in [0.2, 0.25) is 0 Å². The SMILES string of the molecule is CCC(=O)Nc1cc2ccc(O[C@@H]3OC(C)(C)[C@H](OC)[C@@H](O)[C@H]3O)c(C)c2oc1=O. The van der Waals surface area contributed by atoms with Crippen LogP contribution in [0.3, 0.4) is 0 Å². The van der Waals surface area contributed by atoms with Crippen LogP contribution in [0, 0.1) is 6.92 Å². The summed E-state index contributed by atoms with van der Waals surface area (Å²) in [6.45, 7) is 6.83. The number of rotatable bonds is 5. The van der Waals surface area contributed by atoms with Crippen molar-refractivity contribution in [3.8, 4) is 5.75 Å². The molecule has 1 fully saturated rings. The molecule has 0 unspecified atom stereocenters. The van der Waals surface area contributed by atoms with Gasteiger partial charge in [-0.1, -0.05) is 6.92 Å². The molecule has 1 amide bonds. The van der Waals surface area contributed by atoms with Crippen molar-refractivity contribution in [3.05, 3.63) is 34.2 Å². The largest absolute Gasteiger partial charge is 0.462 e. The van der Waals surface area contributed by atoms with Gasteiger partial charge in [0.15, 0.2) is 0 Å². The molecule has 0 saturated carbocycles. The van der Waals surface area contributed by atoms with Crippen molar-refractivity contribution in [2.24, 2.45) is 0 Å². The van der Waals surface area contributed by atoms with Crippen LogP contribution >= 0.6 is 0 Å². The van der Waals surface area contributed by atoms with E-state index in [2.05, 4.69) is 5.32 Å². The van der Waals surface area contributed by atoms with Crippen LogP contribution in [0.25, 0.3) is 11.0 Å². The molecule has 164 valence electrons. The van der Waals surface area contributed by atoms with Crippen molar-refractivity contribution in [2.45, 2.75) is 64.3 Å². The first-order valence-electron chi connectivity index (χ1n) is 9.69. The highest BCUT2D eigenvalue weighted by Gasteiger charge is 2.50. The molecule has 0 bridgehead atoms. The van der Waals surface area contributed by atoms with Crippen LogP contribution in [0.15, 0.2) is 27.4 Å². The lowest BCUT2D eigenvalue weighted by Gasteiger charge is -2.46. The van der Waals surface area contributed by atoms with Gasteiger partial charge in [0.2, 0.25) is 12.2 Å². The summed E-state index contributed by atoms with van der Waals surface area (Å²) in [5.74, 6) is 0.0243. The number of anilines is 1. The summed E-state index contributed by atoms with van der Waals surface area (Å²) >= 11 is 0. The minimum absolute atomic E-state index is 0.0592. The van der Waals surface area contributed by atoms with E-state index < -0.39 is 35.8 Å². The topological polar surface area (TPSA) is 127 Å². The van der Waals surface area contributed by atoms with Gasteiger partial charge in [-0.2, -0.15) is 0 Å². The molecular formula is C21H27NO8. The number of amides is 1. The Kier molecular flexibility index (Phi) is 6.19. The third-order valence-electron chi connectivity index (χ3n) is 5.24. The molecule has 9 nitrogen and oxygen atoms in total. The van der Waals surface area contributed by atoms with Crippen molar-refractivity contribution in [2.75, 3.05) is 12.4 Å². The Hall–Kier alpha value is -2.46. The van der Waals surface area contributed by atoms with Gasteiger partial charge in [0.25, 0.3) is 0 Å². The summed E-state index contributed by atoms with van der Waals surface area (Å²) in [6, 6.07) is 4.84. The molecule has 0 aliphatic carbocycles. The molecule has 1 aliphatic rings. The number of carbonyl (C=O) groups excluding carboxylic acids is 1. The number of aryl methyl sites for hydroxylation is 1. The molecule has 2 aromatic rings. The highest BCUT2D eigenvalue weighted by molar-refractivity contribution is 5.93. The third kappa shape index (κ3) is 4.06. The molecule has 3 rings (SSSR count). The summed E-state index contributed by atoms with van der Waals surface area (Å²) in [7, 11) is 1.43. The van der Waals surface area contributed by atoms with Crippen LogP contribution in [0.4, 0.5) is 5.69 Å². The second-order valence-corrected chi connectivity index (χ2v) is 7.80. The van der Waals surface area contributed by atoms with Crippen molar-refractivity contribution in [3.63, 3.8) is 0 Å². The van der Waals surface area contributed by atoms with Gasteiger partial charge < -0.3 is 34.2 Å². The predicted octanol–water partition coefficient (Wildman–Crippen LogP) is 1.70. The quantitative estimate of drug-likeness (QED) is 0.623. The predicted molar refractivity (Wildman–Crippen MR) is 109 cm³/mol. The molecule has 2 heterocycles. The van der Waals surface area contributed by atoms with Gasteiger partial charge in [0.05, 0.1) is 5.60 Å². The Bertz CT molecular complexity index is 998. The zero-order valence-corrected chi connectivity index (χ0v) is 17.6. The minimum Gasteiger partial charge on any atom is -0.462 e. The third-order valence-corrected chi connectivity index (χ3v) is 5.24. The molecule has 3 N–H and O–H groups in total. The van der Waals surface area contributed by atoms with Gasteiger partial charge in [-0.25, -0.2) is 4.79 Å². The normalized spacial score (nSPS) is 25.8. The number of hydrogen-bond donors (Lipinski definition) is 3. The van der Waals surface area contributed by atoms with Crippen molar-refractivity contribution >= 4 is 22.6 Å². The van der Waals surface area contributed by atoms with Gasteiger partial charge in [0.1, 0.15) is 35.3 Å². The number of fused-ring (bicyclic) bond motifs is 1. The molecule has 1 aliphatic heterocycles. The molecule has 0 radical (unpaired) electrons. The minimum atomic E-state index is -1.35. The molecule has 4 atom stereocenters. The maximum absolute atomic E-state index is 12.3. The fourth-order valence-electron chi connectivity index (χ4n) is 3.59. The first-order valence-corrected chi connectivity index (χ1v) is 9.69. The molecule has 1 aromatic carbocycles. The van der Waals surface area contributed by atoms with Gasteiger partial charge in [-0.15, -0.1) is 0 Å². The number of methoxy groups -OCH3 is 1. The molecule has 1 aromatic heterocycles. The van der Waals surface area contributed by atoms with E-state index in [1.165, 1.54) is 13.2 Å². The average Bonchev–Trinajstić information content (AvgIpc) is 2.69. The van der Waals surface area contributed by atoms with E-state index in [9.17, 15) is 19.8 Å². The Labute approximate surface area is 173 Å². The van der Waals surface area contributed by atoms with E-state index in [1.54, 1.807) is 39.8 Å². The van der Waals surface area contributed by atoms with Crippen LogP contribution in [-0.4, -0.2) is 53.4 Å². The number of carbonyl (C=O) groups is 1. The van der Waals surface area contributed by atoms with Crippen molar-refractivity contribution in [1.82, 2.24) is 0 Å². The number of nitrogens with one attached hydrogen (secondary N) is 1. The average molecular weight is 421 g/mol. The first-order chi connectivity index (χ1) is 14.1. The highest BCUT2D eigenvalue weighted by atomic mass is 16.7. The van der Waals surface area contributed by atoms with E-state index in [0.717, 1.165) is 0 Å². The van der Waals surface area contributed by atoms with Crippen LogP contribution in [-0.2, 0) is 14.3 Å². The highest BCUT2D eigenvalue weighted by Crippen LogP contribution is 2.34. The summed E-state index contributed by atoms with van der Waals surface area (Å²) < 4.78 is 22.3. The summed E-state index contributed by atoms with van der Waals surface area (Å²) in [6.07, 6.45) is -4.23. The molecule has 9 heteroatoms. The second-order valence-electron chi connectivity index (χ2n) is 7.80. The fourth-order valence-corrected chi connectivity index (χ4v) is 3.59.